The molecule has 0 spiro atoms. The van der Waals surface area contributed by atoms with Crippen LogP contribution < -0.4 is 5.56 Å². The Kier molecular flexibility index (Phi) is 4.38. The Hall–Kier alpha value is -2.44. The molecule has 1 aliphatic rings. The van der Waals surface area contributed by atoms with Gasteiger partial charge in [-0.15, -0.1) is 0 Å². The van der Waals surface area contributed by atoms with Gasteiger partial charge in [-0.05, 0) is 38.1 Å². The fourth-order valence-corrected chi connectivity index (χ4v) is 3.52. The van der Waals surface area contributed by atoms with E-state index < -0.39 is 0 Å². The lowest BCUT2D eigenvalue weighted by molar-refractivity contribution is 0.241. The maximum atomic E-state index is 12.6. The Morgan fingerprint density at radius 2 is 2.00 bits per heavy atom. The number of hydrogen-bond acceptors (Lipinski definition) is 4. The van der Waals surface area contributed by atoms with Gasteiger partial charge in [0.15, 0.2) is 0 Å². The third-order valence-corrected chi connectivity index (χ3v) is 5.18. The Labute approximate surface area is 156 Å². The van der Waals surface area contributed by atoms with Crippen LogP contribution in [-0.2, 0) is 19.5 Å². The van der Waals surface area contributed by atoms with Crippen LogP contribution in [0.4, 0.5) is 0 Å². The number of hydrogen-bond donors (Lipinski definition) is 2. The van der Waals surface area contributed by atoms with Crippen molar-refractivity contribution < 1.29 is 0 Å². The van der Waals surface area contributed by atoms with Gasteiger partial charge in [0.2, 0.25) is 0 Å². The predicted octanol–water partition coefficient (Wildman–Crippen LogP) is 2.99. The minimum absolute atomic E-state index is 0.0645. The topological polar surface area (TPSA) is 77.7 Å². The van der Waals surface area contributed by atoms with Gasteiger partial charge >= 0.3 is 0 Å². The maximum Gasteiger partial charge on any atom is 0.255 e. The number of aryl methyl sites for hydroxylation is 2. The quantitative estimate of drug-likeness (QED) is 0.744. The minimum atomic E-state index is -0.0645. The average molecular weight is 370 g/mol. The lowest BCUT2D eigenvalue weighted by Crippen LogP contribution is -2.35. The summed E-state index contributed by atoms with van der Waals surface area (Å²) in [5, 5.41) is 7.94. The molecular formula is C19H20ClN5O. The fraction of sp³-hybridized carbons (Fsp3) is 0.316. The van der Waals surface area contributed by atoms with Gasteiger partial charge < -0.3 is 4.98 Å². The number of halogens is 1. The summed E-state index contributed by atoms with van der Waals surface area (Å²) < 4.78 is 0. The third kappa shape index (κ3) is 3.18. The molecule has 1 aromatic carbocycles. The van der Waals surface area contributed by atoms with Crippen LogP contribution in [0.1, 0.15) is 28.2 Å². The summed E-state index contributed by atoms with van der Waals surface area (Å²) in [6.07, 6.45) is 0.760. The van der Waals surface area contributed by atoms with Crippen LogP contribution in [0.5, 0.6) is 0 Å². The molecule has 0 aliphatic carbocycles. The van der Waals surface area contributed by atoms with Crippen LogP contribution in [0, 0.1) is 13.8 Å². The van der Waals surface area contributed by atoms with E-state index in [1.54, 1.807) is 12.1 Å². The van der Waals surface area contributed by atoms with Gasteiger partial charge in [0.05, 0.1) is 17.0 Å². The van der Waals surface area contributed by atoms with Gasteiger partial charge in [0.25, 0.3) is 5.56 Å². The Bertz CT molecular complexity index is 986. The molecule has 26 heavy (non-hydrogen) atoms. The highest BCUT2D eigenvalue weighted by Crippen LogP contribution is 2.22. The first kappa shape index (κ1) is 17.0. The molecule has 0 amide bonds. The van der Waals surface area contributed by atoms with Crippen molar-refractivity contribution in [3.05, 3.63) is 67.9 Å². The molecule has 0 unspecified atom stereocenters. The van der Waals surface area contributed by atoms with Crippen LogP contribution in [0.15, 0.2) is 29.1 Å². The summed E-state index contributed by atoms with van der Waals surface area (Å²) in [6.45, 7) is 6.28. The molecule has 0 atom stereocenters. The standard InChI is InChI=1S/C19H20ClN5O/c1-11-15(12(2)24-23-11)9-25-8-7-17-16(10-25)19(26)22-18(21-17)13-3-5-14(20)6-4-13/h3-6H,7-10H2,1-2H3,(H,23,24)(H,21,22,26). The smallest absolute Gasteiger partial charge is 0.255 e. The first-order chi connectivity index (χ1) is 12.5. The van der Waals surface area contributed by atoms with Crippen molar-refractivity contribution in [3.63, 3.8) is 0 Å². The SMILES string of the molecule is Cc1n[nH]c(C)c1CN1CCc2nc(-c3ccc(Cl)cc3)[nH]c(=O)c2C1. The zero-order chi connectivity index (χ0) is 18.3. The highest BCUT2D eigenvalue weighted by molar-refractivity contribution is 6.30. The number of aromatic amines is 2. The molecule has 1 aliphatic heterocycles. The Morgan fingerprint density at radius 3 is 2.69 bits per heavy atom. The van der Waals surface area contributed by atoms with Crippen LogP contribution >= 0.6 is 11.6 Å². The molecule has 0 bridgehead atoms. The van der Waals surface area contributed by atoms with Crippen LogP contribution in [-0.4, -0.2) is 31.6 Å². The van der Waals surface area contributed by atoms with E-state index in [-0.39, 0.29) is 5.56 Å². The van der Waals surface area contributed by atoms with E-state index in [4.69, 9.17) is 16.6 Å². The summed E-state index contributed by atoms with van der Waals surface area (Å²) >= 11 is 5.94. The number of rotatable bonds is 3. The molecule has 2 N–H and O–H groups in total. The molecule has 0 fully saturated rings. The molecule has 0 saturated heterocycles. The zero-order valence-corrected chi connectivity index (χ0v) is 15.5. The number of nitrogens with one attached hydrogen (secondary N) is 2. The first-order valence-corrected chi connectivity index (χ1v) is 9.00. The molecule has 134 valence electrons. The molecule has 3 heterocycles. The van der Waals surface area contributed by atoms with Crippen molar-refractivity contribution in [2.45, 2.75) is 33.4 Å². The molecule has 2 aromatic heterocycles. The molecule has 6 nitrogen and oxygen atoms in total. The monoisotopic (exact) mass is 369 g/mol. The van der Waals surface area contributed by atoms with E-state index in [9.17, 15) is 4.79 Å². The fourth-order valence-electron chi connectivity index (χ4n) is 3.39. The Balaban J connectivity index is 1.60. The van der Waals surface area contributed by atoms with Crippen LogP contribution in [0.25, 0.3) is 11.4 Å². The van der Waals surface area contributed by atoms with Gasteiger partial charge in [0, 0.05) is 47.9 Å². The first-order valence-electron chi connectivity index (χ1n) is 8.62. The highest BCUT2D eigenvalue weighted by atomic mass is 35.5. The van der Waals surface area contributed by atoms with E-state index in [0.29, 0.717) is 17.4 Å². The molecule has 7 heteroatoms. The van der Waals surface area contributed by atoms with Crippen LogP contribution in [0.2, 0.25) is 5.02 Å². The predicted molar refractivity (Wildman–Crippen MR) is 101 cm³/mol. The van der Waals surface area contributed by atoms with Gasteiger partial charge in [-0.25, -0.2) is 4.98 Å². The van der Waals surface area contributed by atoms with E-state index in [2.05, 4.69) is 20.1 Å². The average Bonchev–Trinajstić information content (AvgIpc) is 2.94. The van der Waals surface area contributed by atoms with E-state index >= 15 is 0 Å². The zero-order valence-electron chi connectivity index (χ0n) is 14.8. The van der Waals surface area contributed by atoms with Crippen molar-refractivity contribution in [2.75, 3.05) is 6.54 Å². The van der Waals surface area contributed by atoms with Crippen molar-refractivity contribution in [1.82, 2.24) is 25.1 Å². The van der Waals surface area contributed by atoms with Gasteiger partial charge in [0.1, 0.15) is 5.82 Å². The second-order valence-corrected chi connectivity index (χ2v) is 7.16. The van der Waals surface area contributed by atoms with Crippen LogP contribution in [0.3, 0.4) is 0 Å². The second-order valence-electron chi connectivity index (χ2n) is 6.72. The summed E-state index contributed by atoms with van der Waals surface area (Å²) in [5.41, 5.74) is 5.74. The summed E-state index contributed by atoms with van der Waals surface area (Å²) in [4.78, 5) is 22.5. The normalized spacial score (nSPS) is 14.4. The van der Waals surface area contributed by atoms with E-state index in [1.165, 1.54) is 5.56 Å². The molecule has 3 aromatic rings. The number of H-pyrrole nitrogens is 2. The number of fused-ring (bicyclic) bond motifs is 1. The second kappa shape index (κ2) is 6.70. The van der Waals surface area contributed by atoms with Gasteiger partial charge in [-0.3, -0.25) is 14.8 Å². The Morgan fingerprint density at radius 1 is 1.23 bits per heavy atom. The van der Waals surface area contributed by atoms with E-state index in [0.717, 1.165) is 47.7 Å². The largest absolute Gasteiger partial charge is 0.306 e. The van der Waals surface area contributed by atoms with Crippen molar-refractivity contribution in [2.24, 2.45) is 0 Å². The third-order valence-electron chi connectivity index (χ3n) is 4.93. The van der Waals surface area contributed by atoms with Crippen molar-refractivity contribution in [1.29, 1.82) is 0 Å². The molecule has 0 saturated carbocycles. The number of benzene rings is 1. The van der Waals surface area contributed by atoms with Gasteiger partial charge in [-0.2, -0.15) is 5.10 Å². The highest BCUT2D eigenvalue weighted by Gasteiger charge is 2.23. The summed E-state index contributed by atoms with van der Waals surface area (Å²) in [5.74, 6) is 0.598. The minimum Gasteiger partial charge on any atom is -0.306 e. The van der Waals surface area contributed by atoms with Gasteiger partial charge in [-0.1, -0.05) is 11.6 Å². The van der Waals surface area contributed by atoms with Crippen molar-refractivity contribution >= 4 is 11.6 Å². The van der Waals surface area contributed by atoms with E-state index in [1.807, 2.05) is 26.0 Å². The lowest BCUT2D eigenvalue weighted by Gasteiger charge is -2.27. The number of nitrogens with zero attached hydrogens (tertiary/aromatic N) is 3. The molecule has 0 radical (unpaired) electrons. The number of aromatic nitrogens is 4. The summed E-state index contributed by atoms with van der Waals surface area (Å²) in [7, 11) is 0. The lowest BCUT2D eigenvalue weighted by atomic mass is 10.0. The molecular weight excluding hydrogens is 350 g/mol. The van der Waals surface area contributed by atoms with Crippen molar-refractivity contribution in [3.8, 4) is 11.4 Å². The maximum absolute atomic E-state index is 12.6. The molecule has 4 rings (SSSR count). The summed E-state index contributed by atoms with van der Waals surface area (Å²) in [6, 6.07) is 7.33.